The number of amidine groups is 1. The number of pyridine rings is 1. The number of amides is 2. The predicted octanol–water partition coefficient (Wildman–Crippen LogP) is 4.58. The molecule has 14 heteroatoms. The van der Waals surface area contributed by atoms with Crippen molar-refractivity contribution in [3.63, 3.8) is 0 Å². The molecule has 6 rings (SSSR count). The molecule has 2 aliphatic heterocycles. The Morgan fingerprint density at radius 2 is 1.93 bits per heavy atom. The van der Waals surface area contributed by atoms with Crippen molar-refractivity contribution in [1.29, 1.82) is 0 Å². The quantitative estimate of drug-likeness (QED) is 0.280. The van der Waals surface area contributed by atoms with Crippen LogP contribution in [-0.4, -0.2) is 58.0 Å². The zero-order valence-electron chi connectivity index (χ0n) is 23.4. The second-order valence-corrected chi connectivity index (χ2v) is 10.2. The summed E-state index contributed by atoms with van der Waals surface area (Å²) >= 11 is 0. The third-order valence-electron chi connectivity index (χ3n) is 7.55. The van der Waals surface area contributed by atoms with Crippen LogP contribution in [0, 0.1) is 5.92 Å². The molecule has 1 saturated heterocycles. The maximum atomic E-state index is 13.8. The molecule has 1 fully saturated rings. The summed E-state index contributed by atoms with van der Waals surface area (Å²) in [5.41, 5.74) is 9.18. The van der Waals surface area contributed by atoms with Crippen molar-refractivity contribution in [3.05, 3.63) is 72.1 Å². The van der Waals surface area contributed by atoms with E-state index in [1.807, 2.05) is 30.2 Å². The smallest absolute Gasteiger partial charge is 0.449 e. The first kappa shape index (κ1) is 27.9. The third kappa shape index (κ3) is 5.64. The number of likely N-dealkylation sites (tertiary alicyclic amines) is 1. The molecule has 1 unspecified atom stereocenters. The Balaban J connectivity index is 1.20. The van der Waals surface area contributed by atoms with Crippen LogP contribution in [0.5, 0.6) is 5.75 Å². The van der Waals surface area contributed by atoms with Gasteiger partial charge in [0.25, 0.3) is 5.91 Å². The number of piperidine rings is 1. The molecule has 4 heterocycles. The molecule has 0 spiro atoms. The van der Waals surface area contributed by atoms with Gasteiger partial charge in [0, 0.05) is 29.5 Å². The maximum Gasteiger partial charge on any atom is 0.449 e. The van der Waals surface area contributed by atoms with Gasteiger partial charge in [-0.2, -0.15) is 0 Å². The van der Waals surface area contributed by atoms with Crippen LogP contribution >= 0.6 is 0 Å². The van der Waals surface area contributed by atoms with Gasteiger partial charge in [0.2, 0.25) is 5.89 Å². The number of hydrogen-bond donors (Lipinski definition) is 3. The minimum atomic E-state index is -1.25. The van der Waals surface area contributed by atoms with Crippen LogP contribution in [0.2, 0.25) is 0 Å². The van der Waals surface area contributed by atoms with E-state index in [9.17, 15) is 14.1 Å². The number of fused-ring (bicyclic) bond motifs is 1. The lowest BCUT2D eigenvalue weighted by Crippen LogP contribution is -2.49. The number of aromatic nitrogens is 2. The molecule has 2 aliphatic rings. The molecule has 0 bridgehead atoms. The monoisotopic (exact) mass is 588 g/mol. The highest BCUT2D eigenvalue weighted by molar-refractivity contribution is 5.97. The van der Waals surface area contributed by atoms with Gasteiger partial charge in [0.1, 0.15) is 11.4 Å². The minimum absolute atomic E-state index is 0.00753. The number of carbonyl (C=O) groups excluding carboxylic acids is 2. The number of carbonyl (C=O) groups is 2. The van der Waals surface area contributed by atoms with Crippen LogP contribution in [0.3, 0.4) is 0 Å². The van der Waals surface area contributed by atoms with Gasteiger partial charge in [-0.3, -0.25) is 15.5 Å². The number of halogens is 1. The number of rotatable bonds is 7. The van der Waals surface area contributed by atoms with E-state index in [2.05, 4.69) is 48.4 Å². The molecule has 4 aromatic rings. The van der Waals surface area contributed by atoms with Gasteiger partial charge in [-0.05, 0) is 55.5 Å². The summed E-state index contributed by atoms with van der Waals surface area (Å²) < 4.78 is 23.7. The van der Waals surface area contributed by atoms with E-state index in [1.165, 1.54) is 25.4 Å². The summed E-state index contributed by atoms with van der Waals surface area (Å²) in [6.45, 7) is 2.97. The standard InChI is InChI=1S/C29H29FN8O5/c1-17-34-36-38(35-17)25(18-6-4-3-5-7-18)19-11-14-37(15-12-19)28(39)24-26(41-2)21(10-13-31-24)27-33-22-16-20(32-29(40)43-30)8-9-23(22)42-27/h3-10,13,16,19,25,36H,11-12,14-15H2,1-2H3,(H,32,40)(H,34,35). The Bertz CT molecular complexity index is 1670. The number of nitrogens with zero attached hydrogens (tertiary/aromatic N) is 5. The zero-order chi connectivity index (χ0) is 29.9. The fourth-order valence-corrected chi connectivity index (χ4v) is 5.57. The van der Waals surface area contributed by atoms with Crippen LogP contribution in [0.25, 0.3) is 22.6 Å². The molecule has 13 nitrogen and oxygen atoms in total. The summed E-state index contributed by atoms with van der Waals surface area (Å²) in [4.78, 5) is 38.8. The molecule has 43 heavy (non-hydrogen) atoms. The fourth-order valence-electron chi connectivity index (χ4n) is 5.57. The van der Waals surface area contributed by atoms with Crippen LogP contribution in [0.15, 0.2) is 70.3 Å². The maximum absolute atomic E-state index is 13.8. The summed E-state index contributed by atoms with van der Waals surface area (Å²) in [5, 5.41) is 8.43. The second kappa shape index (κ2) is 11.9. The van der Waals surface area contributed by atoms with Gasteiger partial charge in [-0.25, -0.2) is 25.2 Å². The number of oxazole rings is 1. The van der Waals surface area contributed by atoms with Gasteiger partial charge in [0.05, 0.1) is 18.7 Å². The van der Waals surface area contributed by atoms with Crippen molar-refractivity contribution in [1.82, 2.24) is 30.9 Å². The van der Waals surface area contributed by atoms with Crippen molar-refractivity contribution in [2.75, 3.05) is 25.5 Å². The van der Waals surface area contributed by atoms with Crippen molar-refractivity contribution in [2.45, 2.75) is 25.8 Å². The summed E-state index contributed by atoms with van der Waals surface area (Å²) in [6.07, 6.45) is 1.79. The van der Waals surface area contributed by atoms with Crippen molar-refractivity contribution in [3.8, 4) is 17.2 Å². The molecule has 0 aliphatic carbocycles. The number of hydrazine groups is 2. The molecule has 3 N–H and O–H groups in total. The SMILES string of the molecule is COc1c(-c2nc3cc(NC(=O)OF)ccc3o2)ccnc1C(=O)N1CCC(C(c2ccccc2)N2NN=C(C)N2)CC1. The molecule has 0 saturated carbocycles. The first-order valence-corrected chi connectivity index (χ1v) is 13.7. The fraction of sp³-hybridized carbons (Fsp3) is 0.276. The molecule has 0 radical (unpaired) electrons. The van der Waals surface area contributed by atoms with E-state index in [0.29, 0.717) is 29.8 Å². The Kier molecular flexibility index (Phi) is 7.75. The Morgan fingerprint density at radius 1 is 1.14 bits per heavy atom. The van der Waals surface area contributed by atoms with Crippen LogP contribution in [0.1, 0.15) is 41.9 Å². The highest BCUT2D eigenvalue weighted by Gasteiger charge is 2.36. The predicted molar refractivity (Wildman–Crippen MR) is 154 cm³/mol. The van der Waals surface area contributed by atoms with E-state index >= 15 is 0 Å². The molecule has 1 atom stereocenters. The van der Waals surface area contributed by atoms with Crippen molar-refractivity contribution < 1.29 is 28.2 Å². The molecular formula is C29H29FN8O5. The molecule has 2 aromatic heterocycles. The second-order valence-electron chi connectivity index (χ2n) is 10.2. The number of hydrogen-bond acceptors (Lipinski definition) is 11. The topological polar surface area (TPSA) is 146 Å². The first-order chi connectivity index (χ1) is 20.9. The Labute approximate surface area is 245 Å². The van der Waals surface area contributed by atoms with Crippen molar-refractivity contribution >= 4 is 34.6 Å². The van der Waals surface area contributed by atoms with Crippen LogP contribution in [0.4, 0.5) is 15.0 Å². The molecule has 2 aromatic carbocycles. The average Bonchev–Trinajstić information content (AvgIpc) is 3.67. The van der Waals surface area contributed by atoms with E-state index in [4.69, 9.17) is 9.15 Å². The molecule has 222 valence electrons. The Hall–Kier alpha value is -5.24. The minimum Gasteiger partial charge on any atom is -0.493 e. The van der Waals surface area contributed by atoms with Gasteiger partial charge in [-0.15, -0.1) is 10.2 Å². The lowest BCUT2D eigenvalue weighted by atomic mass is 9.85. The highest BCUT2D eigenvalue weighted by Crippen LogP contribution is 2.37. The number of ether oxygens (including phenoxy) is 1. The Morgan fingerprint density at radius 3 is 2.63 bits per heavy atom. The lowest BCUT2D eigenvalue weighted by molar-refractivity contribution is -0.0544. The summed E-state index contributed by atoms with van der Waals surface area (Å²) in [6, 6.07) is 16.5. The number of anilines is 1. The number of nitrogens with one attached hydrogen (secondary N) is 3. The van der Waals surface area contributed by atoms with Gasteiger partial charge in [0.15, 0.2) is 17.0 Å². The summed E-state index contributed by atoms with van der Waals surface area (Å²) in [5.74, 6) is 1.21. The van der Waals surface area contributed by atoms with Gasteiger partial charge < -0.3 is 14.1 Å². The third-order valence-corrected chi connectivity index (χ3v) is 7.55. The number of hydrazone groups is 1. The largest absolute Gasteiger partial charge is 0.493 e. The molecule has 2 amide bonds. The van der Waals surface area contributed by atoms with E-state index < -0.39 is 6.09 Å². The van der Waals surface area contributed by atoms with Crippen LogP contribution in [-0.2, 0) is 4.94 Å². The van der Waals surface area contributed by atoms with E-state index in [-0.39, 0.29) is 40.9 Å². The van der Waals surface area contributed by atoms with Gasteiger partial charge in [-0.1, -0.05) is 30.3 Å². The summed E-state index contributed by atoms with van der Waals surface area (Å²) in [7, 11) is 1.46. The normalized spacial score (nSPS) is 16.3. The first-order valence-electron chi connectivity index (χ1n) is 13.7. The van der Waals surface area contributed by atoms with Crippen molar-refractivity contribution in [2.24, 2.45) is 11.0 Å². The highest BCUT2D eigenvalue weighted by atomic mass is 19.3. The van der Waals surface area contributed by atoms with Gasteiger partial charge >= 0.3 is 6.09 Å². The van der Waals surface area contributed by atoms with E-state index in [0.717, 1.165) is 24.2 Å². The lowest BCUT2D eigenvalue weighted by Gasteiger charge is -2.39. The number of benzene rings is 2. The van der Waals surface area contributed by atoms with E-state index in [1.54, 1.807) is 17.0 Å². The zero-order valence-corrected chi connectivity index (χ0v) is 23.4. The van der Waals surface area contributed by atoms with Crippen LogP contribution < -0.4 is 21.0 Å². The average molecular weight is 589 g/mol. The number of methoxy groups -OCH3 is 1. The molecular weight excluding hydrogens is 559 g/mol.